The van der Waals surface area contributed by atoms with Crippen LogP contribution in [-0.2, 0) is 6.42 Å². The van der Waals surface area contributed by atoms with Crippen LogP contribution in [0.4, 0.5) is 8.78 Å². The Balaban J connectivity index is 1.85. The van der Waals surface area contributed by atoms with Crippen molar-refractivity contribution in [1.82, 2.24) is 4.98 Å². The first-order valence-electron chi connectivity index (χ1n) is 8.62. The molecule has 0 amide bonds. The van der Waals surface area contributed by atoms with Gasteiger partial charge in [0.15, 0.2) is 0 Å². The number of benzene rings is 3. The van der Waals surface area contributed by atoms with Crippen molar-refractivity contribution < 1.29 is 8.78 Å². The zero-order chi connectivity index (χ0) is 17.7. The molecule has 4 aromatic rings. The summed E-state index contributed by atoms with van der Waals surface area (Å²) >= 11 is 0. The molecule has 1 unspecified atom stereocenters. The van der Waals surface area contributed by atoms with Gasteiger partial charge in [-0.3, -0.25) is 4.98 Å². The molecule has 0 bridgehead atoms. The van der Waals surface area contributed by atoms with E-state index in [1.165, 1.54) is 18.2 Å². The van der Waals surface area contributed by atoms with E-state index in [1.807, 2.05) is 24.3 Å². The molecule has 5 rings (SSSR count). The van der Waals surface area contributed by atoms with Gasteiger partial charge in [0.2, 0.25) is 0 Å². The second kappa shape index (κ2) is 5.73. The lowest BCUT2D eigenvalue weighted by Crippen LogP contribution is -2.14. The molecule has 0 aliphatic heterocycles. The Labute approximate surface area is 150 Å². The van der Waals surface area contributed by atoms with Crippen LogP contribution in [0.2, 0.25) is 0 Å². The molecule has 26 heavy (non-hydrogen) atoms. The van der Waals surface area contributed by atoms with Crippen LogP contribution in [0.15, 0.2) is 72.9 Å². The fraction of sp³-hybridized carbons (Fsp3) is 0.0870. The van der Waals surface area contributed by atoms with Crippen molar-refractivity contribution in [3.63, 3.8) is 0 Å². The van der Waals surface area contributed by atoms with E-state index in [2.05, 4.69) is 17.1 Å². The van der Waals surface area contributed by atoms with Crippen molar-refractivity contribution in [2.24, 2.45) is 0 Å². The second-order valence-electron chi connectivity index (χ2n) is 6.72. The molecule has 1 aliphatic carbocycles. The maximum Gasteiger partial charge on any atom is 0.123 e. The summed E-state index contributed by atoms with van der Waals surface area (Å²) in [5, 5.41) is 1.79. The minimum atomic E-state index is -0.270. The molecule has 1 aliphatic rings. The summed E-state index contributed by atoms with van der Waals surface area (Å²) in [4.78, 5) is 4.65. The number of nitrogens with zero attached hydrogens (tertiary/aromatic N) is 1. The van der Waals surface area contributed by atoms with E-state index in [4.69, 9.17) is 0 Å². The summed E-state index contributed by atoms with van der Waals surface area (Å²) < 4.78 is 27.5. The van der Waals surface area contributed by atoms with Gasteiger partial charge in [-0.25, -0.2) is 8.78 Å². The molecule has 0 saturated heterocycles. The highest BCUT2D eigenvalue weighted by Gasteiger charge is 2.29. The molecular formula is C23H15F2N. The fourth-order valence-electron chi connectivity index (χ4n) is 4.04. The molecule has 1 atom stereocenters. The van der Waals surface area contributed by atoms with Gasteiger partial charge in [0, 0.05) is 23.1 Å². The number of pyridine rings is 1. The van der Waals surface area contributed by atoms with Crippen molar-refractivity contribution in [2.75, 3.05) is 0 Å². The van der Waals surface area contributed by atoms with Gasteiger partial charge >= 0.3 is 0 Å². The van der Waals surface area contributed by atoms with Crippen molar-refractivity contribution >= 4 is 10.8 Å². The third kappa shape index (κ3) is 2.31. The van der Waals surface area contributed by atoms with Crippen molar-refractivity contribution in [3.05, 3.63) is 101 Å². The largest absolute Gasteiger partial charge is 0.255 e. The minimum absolute atomic E-state index is 0.0576. The molecule has 3 heteroatoms. The lowest BCUT2D eigenvalue weighted by atomic mass is 9.76. The monoisotopic (exact) mass is 343 g/mol. The smallest absolute Gasteiger partial charge is 0.123 e. The van der Waals surface area contributed by atoms with Gasteiger partial charge in [0.25, 0.3) is 0 Å². The van der Waals surface area contributed by atoms with Crippen molar-refractivity contribution in [1.29, 1.82) is 0 Å². The molecule has 0 radical (unpaired) electrons. The topological polar surface area (TPSA) is 12.9 Å². The van der Waals surface area contributed by atoms with Crippen LogP contribution in [0.25, 0.3) is 22.0 Å². The zero-order valence-electron chi connectivity index (χ0n) is 13.9. The van der Waals surface area contributed by atoms with Crippen LogP contribution in [0, 0.1) is 11.6 Å². The van der Waals surface area contributed by atoms with Gasteiger partial charge in [-0.2, -0.15) is 0 Å². The summed E-state index contributed by atoms with van der Waals surface area (Å²) in [6.45, 7) is 0. The SMILES string of the molecule is Fc1ccc2c(c1)CC(c1ccccc1)c1c-2ncc2cc(F)ccc12. The molecular weight excluding hydrogens is 328 g/mol. The highest BCUT2D eigenvalue weighted by Crippen LogP contribution is 2.44. The average Bonchev–Trinajstić information content (AvgIpc) is 2.67. The van der Waals surface area contributed by atoms with E-state index >= 15 is 0 Å². The summed E-state index contributed by atoms with van der Waals surface area (Å²) in [5.41, 5.74) is 5.02. The van der Waals surface area contributed by atoms with Crippen LogP contribution in [0.3, 0.4) is 0 Å². The first-order valence-corrected chi connectivity index (χ1v) is 8.62. The number of fused-ring (bicyclic) bond motifs is 5. The van der Waals surface area contributed by atoms with Crippen LogP contribution in [-0.4, -0.2) is 4.98 Å². The van der Waals surface area contributed by atoms with Gasteiger partial charge in [0.05, 0.1) is 5.69 Å². The normalized spacial score (nSPS) is 15.5. The van der Waals surface area contributed by atoms with E-state index < -0.39 is 0 Å². The lowest BCUT2D eigenvalue weighted by molar-refractivity contribution is 0.623. The van der Waals surface area contributed by atoms with E-state index in [9.17, 15) is 8.78 Å². The first kappa shape index (κ1) is 15.2. The van der Waals surface area contributed by atoms with Gasteiger partial charge in [-0.15, -0.1) is 0 Å². The number of hydrogen-bond donors (Lipinski definition) is 0. The fourth-order valence-corrected chi connectivity index (χ4v) is 4.04. The minimum Gasteiger partial charge on any atom is -0.255 e. The summed E-state index contributed by atoms with van der Waals surface area (Å²) in [6.07, 6.45) is 2.40. The Bertz CT molecular complexity index is 1140. The molecule has 0 saturated carbocycles. The van der Waals surface area contributed by atoms with Crippen LogP contribution >= 0.6 is 0 Å². The summed E-state index contributed by atoms with van der Waals surface area (Å²) in [6, 6.07) is 19.9. The van der Waals surface area contributed by atoms with Crippen LogP contribution in [0.5, 0.6) is 0 Å². The second-order valence-corrected chi connectivity index (χ2v) is 6.72. The Morgan fingerprint density at radius 3 is 2.46 bits per heavy atom. The Morgan fingerprint density at radius 1 is 0.846 bits per heavy atom. The number of hydrogen-bond acceptors (Lipinski definition) is 1. The molecule has 1 nitrogen and oxygen atoms in total. The molecule has 1 aromatic heterocycles. The number of aromatic nitrogens is 1. The Hall–Kier alpha value is -3.07. The molecule has 1 heterocycles. The number of halogens is 2. The maximum absolute atomic E-state index is 13.8. The van der Waals surface area contributed by atoms with Crippen LogP contribution in [0.1, 0.15) is 22.6 Å². The summed E-state index contributed by atoms with van der Waals surface area (Å²) in [5.74, 6) is -0.446. The molecule has 0 N–H and O–H groups in total. The summed E-state index contributed by atoms with van der Waals surface area (Å²) in [7, 11) is 0. The molecule has 0 spiro atoms. The van der Waals surface area contributed by atoms with E-state index in [0.29, 0.717) is 6.42 Å². The predicted molar refractivity (Wildman–Crippen MR) is 99.1 cm³/mol. The average molecular weight is 343 g/mol. The number of rotatable bonds is 1. The van der Waals surface area contributed by atoms with E-state index in [0.717, 1.165) is 38.7 Å². The van der Waals surface area contributed by atoms with Crippen molar-refractivity contribution in [2.45, 2.75) is 12.3 Å². The standard InChI is InChI=1S/C23H15F2N/c24-17-7-9-20-15(10-17)12-21(14-4-2-1-3-5-14)22-19-8-6-18(25)11-16(19)13-26-23(20)22/h1-11,13,21H,12H2. The van der Waals surface area contributed by atoms with E-state index in [1.54, 1.807) is 18.3 Å². The van der Waals surface area contributed by atoms with E-state index in [-0.39, 0.29) is 17.6 Å². The van der Waals surface area contributed by atoms with Gasteiger partial charge in [-0.05, 0) is 58.8 Å². The van der Waals surface area contributed by atoms with Crippen LogP contribution < -0.4 is 0 Å². The van der Waals surface area contributed by atoms with Gasteiger partial charge in [0.1, 0.15) is 11.6 Å². The van der Waals surface area contributed by atoms with Crippen molar-refractivity contribution in [3.8, 4) is 11.3 Å². The van der Waals surface area contributed by atoms with Gasteiger partial charge < -0.3 is 0 Å². The zero-order valence-corrected chi connectivity index (χ0v) is 13.9. The van der Waals surface area contributed by atoms with Gasteiger partial charge in [-0.1, -0.05) is 36.4 Å². The Kier molecular flexibility index (Phi) is 3.35. The predicted octanol–water partition coefficient (Wildman–Crippen LogP) is 5.87. The molecule has 0 fully saturated rings. The highest BCUT2D eigenvalue weighted by molar-refractivity contribution is 5.92. The quantitative estimate of drug-likeness (QED) is 0.421. The lowest BCUT2D eigenvalue weighted by Gasteiger charge is -2.29. The Morgan fingerprint density at radius 2 is 1.62 bits per heavy atom. The third-order valence-corrected chi connectivity index (χ3v) is 5.19. The molecule has 126 valence electrons. The maximum atomic E-state index is 13.8. The third-order valence-electron chi connectivity index (χ3n) is 5.19. The highest BCUT2D eigenvalue weighted by atomic mass is 19.1. The molecule has 3 aromatic carbocycles. The first-order chi connectivity index (χ1) is 12.7.